The first-order valence-electron chi connectivity index (χ1n) is 9.12. The van der Waals surface area contributed by atoms with Gasteiger partial charge >= 0.3 is 0 Å². The second-order valence-corrected chi connectivity index (χ2v) is 7.42. The minimum absolute atomic E-state index is 0. The Kier molecular flexibility index (Phi) is 9.82. The monoisotopic (exact) mass is 437 g/mol. The van der Waals surface area contributed by atoms with Gasteiger partial charge in [0.2, 0.25) is 0 Å². The van der Waals surface area contributed by atoms with Crippen molar-refractivity contribution < 1.29 is 4.74 Å². The van der Waals surface area contributed by atoms with Crippen molar-refractivity contribution in [2.24, 2.45) is 22.2 Å². The molecule has 0 bridgehead atoms. The van der Waals surface area contributed by atoms with Crippen LogP contribution in [0.5, 0.6) is 0 Å². The molecule has 2 N–H and O–H groups in total. The molecule has 23 heavy (non-hydrogen) atoms. The number of nitrogens with zero attached hydrogens (tertiary/aromatic N) is 1. The first-order chi connectivity index (χ1) is 10.7. The van der Waals surface area contributed by atoms with Crippen LogP contribution in [0, 0.1) is 17.3 Å². The molecule has 0 saturated heterocycles. The minimum atomic E-state index is 0. The summed E-state index contributed by atoms with van der Waals surface area (Å²) in [6, 6.07) is 0. The lowest BCUT2D eigenvalue weighted by molar-refractivity contribution is 0.0732. The average Bonchev–Trinajstić information content (AvgIpc) is 2.50. The molecule has 0 aromatic heterocycles. The zero-order valence-corrected chi connectivity index (χ0v) is 17.5. The molecule has 5 heteroatoms. The Balaban J connectivity index is 0.00000264. The molecule has 0 spiro atoms. The number of nitrogens with one attached hydrogen (secondary N) is 2. The molecule has 0 aromatic rings. The Labute approximate surface area is 159 Å². The maximum atomic E-state index is 5.27. The molecule has 2 unspecified atom stereocenters. The summed E-state index contributed by atoms with van der Waals surface area (Å²) in [5, 5.41) is 7.11. The highest BCUT2D eigenvalue weighted by molar-refractivity contribution is 14.0. The van der Waals surface area contributed by atoms with E-state index in [1.54, 1.807) is 7.11 Å². The number of ether oxygens (including phenoxy) is 1. The predicted octanol–water partition coefficient (Wildman–Crippen LogP) is 3.80. The Bertz CT molecular complexity index is 358. The minimum Gasteiger partial charge on any atom is -0.385 e. The van der Waals surface area contributed by atoms with Crippen LogP contribution < -0.4 is 10.6 Å². The number of hydrogen-bond donors (Lipinski definition) is 2. The van der Waals surface area contributed by atoms with Crippen molar-refractivity contribution in [3.05, 3.63) is 0 Å². The van der Waals surface area contributed by atoms with E-state index >= 15 is 0 Å². The second-order valence-electron chi connectivity index (χ2n) is 7.42. The average molecular weight is 437 g/mol. The van der Waals surface area contributed by atoms with E-state index in [1.807, 2.05) is 7.05 Å². The maximum Gasteiger partial charge on any atom is 0.191 e. The summed E-state index contributed by atoms with van der Waals surface area (Å²) < 4.78 is 5.27. The highest BCUT2D eigenvalue weighted by Gasteiger charge is 2.36. The zero-order chi connectivity index (χ0) is 15.8. The molecule has 0 aromatic carbocycles. The van der Waals surface area contributed by atoms with Gasteiger partial charge in [-0.05, 0) is 42.9 Å². The molecule has 2 aliphatic carbocycles. The Hall–Kier alpha value is -0.0400. The topological polar surface area (TPSA) is 45.7 Å². The first-order valence-corrected chi connectivity index (χ1v) is 9.12. The normalized spacial score (nSPS) is 26.8. The van der Waals surface area contributed by atoms with E-state index in [9.17, 15) is 0 Å². The number of hydrogen-bond acceptors (Lipinski definition) is 2. The summed E-state index contributed by atoms with van der Waals surface area (Å²) in [5.74, 6) is 2.62. The summed E-state index contributed by atoms with van der Waals surface area (Å²) >= 11 is 0. The number of aliphatic imine (C=N–C) groups is 1. The molecule has 2 aliphatic rings. The highest BCUT2D eigenvalue weighted by atomic mass is 127. The van der Waals surface area contributed by atoms with Crippen LogP contribution in [0.1, 0.15) is 58.3 Å². The van der Waals surface area contributed by atoms with E-state index in [-0.39, 0.29) is 24.0 Å². The third-order valence-electron chi connectivity index (χ3n) is 5.93. The van der Waals surface area contributed by atoms with Crippen LogP contribution in [-0.4, -0.2) is 39.8 Å². The summed E-state index contributed by atoms with van der Waals surface area (Å²) in [5.41, 5.74) is 0.436. The lowest BCUT2D eigenvalue weighted by atomic mass is 9.67. The maximum absolute atomic E-state index is 5.27. The van der Waals surface area contributed by atoms with Gasteiger partial charge < -0.3 is 15.4 Å². The second kappa shape index (κ2) is 10.7. The van der Waals surface area contributed by atoms with Crippen molar-refractivity contribution in [1.82, 2.24) is 10.6 Å². The van der Waals surface area contributed by atoms with Crippen LogP contribution in [0.2, 0.25) is 0 Å². The number of guanidine groups is 1. The largest absolute Gasteiger partial charge is 0.385 e. The van der Waals surface area contributed by atoms with E-state index < -0.39 is 0 Å². The standard InChI is InChI=1S/C18H35N3O.HI/c1-15-7-4-5-8-16(15)13-20-17(19-2)21-14-18(9-6-10-18)11-12-22-3;/h15-16H,4-14H2,1-3H3,(H2,19,20,21);1H. The third kappa shape index (κ3) is 6.40. The van der Waals surface area contributed by atoms with E-state index in [2.05, 4.69) is 22.5 Å². The van der Waals surface area contributed by atoms with Gasteiger partial charge in [-0.15, -0.1) is 24.0 Å². The molecule has 2 atom stereocenters. The molecular formula is C18H36IN3O. The fourth-order valence-electron chi connectivity index (χ4n) is 3.93. The van der Waals surface area contributed by atoms with Crippen LogP contribution in [0.15, 0.2) is 4.99 Å². The summed E-state index contributed by atoms with van der Waals surface area (Å²) in [6.45, 7) is 5.35. The van der Waals surface area contributed by atoms with Gasteiger partial charge in [-0.25, -0.2) is 0 Å². The SMILES string of the molecule is CN=C(NCC1CCCCC1C)NCC1(CCOC)CCC1.I. The van der Waals surface area contributed by atoms with Crippen LogP contribution in [0.25, 0.3) is 0 Å². The van der Waals surface area contributed by atoms with E-state index in [4.69, 9.17) is 4.74 Å². The van der Waals surface area contributed by atoms with Gasteiger partial charge in [-0.1, -0.05) is 32.6 Å². The molecule has 136 valence electrons. The first kappa shape index (κ1) is 21.0. The zero-order valence-electron chi connectivity index (χ0n) is 15.2. The van der Waals surface area contributed by atoms with Crippen LogP contribution in [-0.2, 0) is 4.74 Å². The van der Waals surface area contributed by atoms with Crippen molar-refractivity contribution in [2.75, 3.05) is 33.9 Å². The predicted molar refractivity (Wildman–Crippen MR) is 109 cm³/mol. The molecule has 0 amide bonds. The van der Waals surface area contributed by atoms with E-state index in [0.717, 1.165) is 43.9 Å². The molecule has 2 rings (SSSR count). The number of rotatable bonds is 7. The van der Waals surface area contributed by atoms with Crippen LogP contribution in [0.4, 0.5) is 0 Å². The lowest BCUT2D eigenvalue weighted by Gasteiger charge is -2.42. The van der Waals surface area contributed by atoms with Crippen LogP contribution in [0.3, 0.4) is 0 Å². The molecule has 2 fully saturated rings. The Morgan fingerprint density at radius 3 is 2.48 bits per heavy atom. The fourth-order valence-corrected chi connectivity index (χ4v) is 3.93. The quantitative estimate of drug-likeness (QED) is 0.362. The molecule has 0 heterocycles. The molecular weight excluding hydrogens is 401 g/mol. The van der Waals surface area contributed by atoms with Gasteiger partial charge in [0.25, 0.3) is 0 Å². The van der Waals surface area contributed by atoms with Crippen molar-refractivity contribution in [3.8, 4) is 0 Å². The van der Waals surface area contributed by atoms with Crippen molar-refractivity contribution in [1.29, 1.82) is 0 Å². The van der Waals surface area contributed by atoms with Gasteiger partial charge in [-0.3, -0.25) is 4.99 Å². The smallest absolute Gasteiger partial charge is 0.191 e. The fraction of sp³-hybridized carbons (Fsp3) is 0.944. The van der Waals surface area contributed by atoms with Gasteiger partial charge in [0.15, 0.2) is 5.96 Å². The van der Waals surface area contributed by atoms with E-state index in [0.29, 0.717) is 5.41 Å². The van der Waals surface area contributed by atoms with Gasteiger partial charge in [-0.2, -0.15) is 0 Å². The van der Waals surface area contributed by atoms with Gasteiger partial charge in [0.05, 0.1) is 0 Å². The summed E-state index contributed by atoms with van der Waals surface area (Å²) in [4.78, 5) is 4.40. The summed E-state index contributed by atoms with van der Waals surface area (Å²) in [7, 11) is 3.67. The van der Waals surface area contributed by atoms with Crippen molar-refractivity contribution in [2.45, 2.75) is 58.3 Å². The van der Waals surface area contributed by atoms with Gasteiger partial charge in [0, 0.05) is 33.9 Å². The van der Waals surface area contributed by atoms with E-state index in [1.165, 1.54) is 44.9 Å². The van der Waals surface area contributed by atoms with Crippen molar-refractivity contribution >= 4 is 29.9 Å². The molecule has 0 radical (unpaired) electrons. The van der Waals surface area contributed by atoms with Gasteiger partial charge in [0.1, 0.15) is 0 Å². The van der Waals surface area contributed by atoms with Crippen molar-refractivity contribution in [3.63, 3.8) is 0 Å². The molecule has 4 nitrogen and oxygen atoms in total. The molecule has 0 aliphatic heterocycles. The lowest BCUT2D eigenvalue weighted by Crippen LogP contribution is -2.48. The molecule has 2 saturated carbocycles. The third-order valence-corrected chi connectivity index (χ3v) is 5.93. The number of halogens is 1. The Morgan fingerprint density at radius 2 is 1.91 bits per heavy atom. The highest BCUT2D eigenvalue weighted by Crippen LogP contribution is 2.43. The number of methoxy groups -OCH3 is 1. The van der Waals surface area contributed by atoms with Crippen LogP contribution >= 0.6 is 24.0 Å². The summed E-state index contributed by atoms with van der Waals surface area (Å²) in [6.07, 6.45) is 10.7. The Morgan fingerprint density at radius 1 is 1.17 bits per heavy atom.